The Kier molecular flexibility index (Phi) is 8.40. The Bertz CT molecular complexity index is 1150. The quantitative estimate of drug-likeness (QED) is 0.330. The Labute approximate surface area is 199 Å². The number of carboxylic acids is 1. The number of hydrogen-bond acceptors (Lipinski definition) is 3. The zero-order chi connectivity index (χ0) is 24.7. The molecule has 3 aromatic carbocycles. The van der Waals surface area contributed by atoms with Crippen LogP contribution in [0.3, 0.4) is 0 Å². The minimum absolute atomic E-state index is 0.194. The van der Waals surface area contributed by atoms with E-state index < -0.39 is 37.0 Å². The number of aliphatic carboxylic acids is 1. The number of amides is 1. The number of nitrogens with one attached hydrogen (secondary N) is 1. The topological polar surface area (TPSA) is 131 Å². The predicted molar refractivity (Wildman–Crippen MR) is 131 cm³/mol. The third kappa shape index (κ3) is 6.64. The smallest absolute Gasteiger partial charge is 0.325 e. The second-order valence-electron chi connectivity index (χ2n) is 8.40. The number of quaternary nitrogens is 1. The van der Waals surface area contributed by atoms with Gasteiger partial charge in [0.1, 0.15) is 6.04 Å². The van der Waals surface area contributed by atoms with Gasteiger partial charge in [-0.2, -0.15) is 0 Å². The Morgan fingerprint density at radius 3 is 2.00 bits per heavy atom. The number of carbonyl (C=O) groups is 2. The second-order valence-corrected chi connectivity index (χ2v) is 10.9. The summed E-state index contributed by atoms with van der Waals surface area (Å²) in [6, 6.07) is 25.2. The molecule has 0 aliphatic heterocycles. The number of rotatable bonds is 10. The molecule has 7 nitrogen and oxygen atoms in total. The van der Waals surface area contributed by atoms with Crippen LogP contribution in [0.4, 0.5) is 0 Å². The minimum Gasteiger partial charge on any atom is -0.480 e. The minimum atomic E-state index is -3.90. The molecule has 0 fully saturated rings. The fourth-order valence-electron chi connectivity index (χ4n) is 3.73. The monoisotopic (exact) mass is 481 g/mol. The van der Waals surface area contributed by atoms with Gasteiger partial charge >= 0.3 is 5.97 Å². The van der Waals surface area contributed by atoms with Crippen molar-refractivity contribution in [2.45, 2.75) is 25.2 Å². The van der Waals surface area contributed by atoms with Gasteiger partial charge in [0.05, 0.1) is 5.92 Å². The van der Waals surface area contributed by atoms with Crippen LogP contribution < -0.4 is 11.1 Å². The molecular weight excluding hydrogens is 451 g/mol. The summed E-state index contributed by atoms with van der Waals surface area (Å²) in [4.78, 5) is 35.1. The first-order valence-electron chi connectivity index (χ1n) is 11.0. The Morgan fingerprint density at radius 1 is 0.912 bits per heavy atom. The third-order valence-corrected chi connectivity index (χ3v) is 8.03. The van der Waals surface area contributed by atoms with Crippen molar-refractivity contribution in [2.24, 2.45) is 5.92 Å². The van der Waals surface area contributed by atoms with Crippen molar-refractivity contribution in [2.75, 3.05) is 6.16 Å². The third-order valence-electron chi connectivity index (χ3n) is 5.80. The summed E-state index contributed by atoms with van der Waals surface area (Å²) >= 11 is 0. The van der Waals surface area contributed by atoms with E-state index in [-0.39, 0.29) is 12.6 Å². The lowest BCUT2D eigenvalue weighted by molar-refractivity contribution is -0.397. The van der Waals surface area contributed by atoms with Crippen molar-refractivity contribution in [3.63, 3.8) is 0 Å². The van der Waals surface area contributed by atoms with Gasteiger partial charge in [-0.15, -0.1) is 0 Å². The van der Waals surface area contributed by atoms with Crippen molar-refractivity contribution in [3.8, 4) is 11.1 Å². The number of benzene rings is 3. The van der Waals surface area contributed by atoms with Crippen molar-refractivity contribution in [1.29, 1.82) is 0 Å². The summed E-state index contributed by atoms with van der Waals surface area (Å²) in [7, 11) is -3.90. The van der Waals surface area contributed by atoms with Crippen LogP contribution in [-0.2, 0) is 20.6 Å². The Balaban J connectivity index is 1.82. The summed E-state index contributed by atoms with van der Waals surface area (Å²) in [5.41, 5.74) is 7.38. The summed E-state index contributed by atoms with van der Waals surface area (Å²) in [5, 5.41) is 11.6. The van der Waals surface area contributed by atoms with Crippen LogP contribution in [0.5, 0.6) is 0 Å². The van der Waals surface area contributed by atoms with E-state index in [9.17, 15) is 24.2 Å². The van der Waals surface area contributed by atoms with E-state index in [0.29, 0.717) is 5.56 Å². The normalized spacial score (nSPS) is 15.5. The highest BCUT2D eigenvalue weighted by Gasteiger charge is 2.38. The van der Waals surface area contributed by atoms with Crippen LogP contribution in [0.1, 0.15) is 23.8 Å². The zero-order valence-electron chi connectivity index (χ0n) is 19.0. The van der Waals surface area contributed by atoms with E-state index in [1.165, 1.54) is 6.92 Å². The molecule has 0 aliphatic carbocycles. The van der Waals surface area contributed by atoms with Gasteiger partial charge in [0.25, 0.3) is 7.37 Å². The number of carboxylic acid groups (broad SMARTS) is 1. The first-order valence-corrected chi connectivity index (χ1v) is 13.0. The summed E-state index contributed by atoms with van der Waals surface area (Å²) in [5.74, 6) is -3.54. The molecule has 178 valence electrons. The second kappa shape index (κ2) is 11.3. The molecule has 0 aliphatic rings. The molecule has 1 amide bonds. The zero-order valence-corrected chi connectivity index (χ0v) is 19.9. The Hall–Kier alpha value is -3.25. The van der Waals surface area contributed by atoms with Gasteiger partial charge in [-0.05, 0) is 30.0 Å². The van der Waals surface area contributed by atoms with Gasteiger partial charge in [-0.1, -0.05) is 84.9 Å². The number of hydrogen-bond donors (Lipinski definition) is 4. The van der Waals surface area contributed by atoms with E-state index >= 15 is 0 Å². The Morgan fingerprint density at radius 2 is 1.44 bits per heavy atom. The van der Waals surface area contributed by atoms with Crippen LogP contribution >= 0.6 is 7.37 Å². The highest BCUT2D eigenvalue weighted by Crippen LogP contribution is 2.52. The number of carbonyl (C=O) groups excluding carboxylic acids is 1. The molecule has 4 atom stereocenters. The lowest BCUT2D eigenvalue weighted by Crippen LogP contribution is -2.54. The molecule has 2 unspecified atom stereocenters. The summed E-state index contributed by atoms with van der Waals surface area (Å²) < 4.78 is 13.3. The molecule has 0 heterocycles. The first kappa shape index (κ1) is 25.4. The first-order chi connectivity index (χ1) is 16.2. The van der Waals surface area contributed by atoms with Crippen molar-refractivity contribution >= 4 is 19.2 Å². The molecule has 3 aromatic rings. The highest BCUT2D eigenvalue weighted by molar-refractivity contribution is 7.58. The van der Waals surface area contributed by atoms with Gasteiger partial charge in [0, 0.05) is 11.7 Å². The van der Waals surface area contributed by atoms with E-state index in [0.717, 1.165) is 16.7 Å². The lowest BCUT2D eigenvalue weighted by Gasteiger charge is -2.23. The summed E-state index contributed by atoms with van der Waals surface area (Å²) in [6.07, 6.45) is -0.117. The van der Waals surface area contributed by atoms with E-state index in [2.05, 4.69) is 11.1 Å². The van der Waals surface area contributed by atoms with E-state index in [4.69, 9.17) is 0 Å². The predicted octanol–water partition coefficient (Wildman–Crippen LogP) is 3.31. The molecule has 0 aromatic heterocycles. The largest absolute Gasteiger partial charge is 0.480 e. The average Bonchev–Trinajstić information content (AvgIpc) is 2.84. The molecule has 34 heavy (non-hydrogen) atoms. The molecule has 0 saturated carbocycles. The fraction of sp³-hybridized carbons (Fsp3) is 0.231. The maximum absolute atomic E-state index is 13.3. The van der Waals surface area contributed by atoms with Gasteiger partial charge in [-0.3, -0.25) is 14.2 Å². The maximum atomic E-state index is 13.3. The lowest BCUT2D eigenvalue weighted by atomic mass is 9.97. The van der Waals surface area contributed by atoms with Crippen LogP contribution in [0, 0.1) is 5.92 Å². The maximum Gasteiger partial charge on any atom is 0.325 e. The fourth-order valence-corrected chi connectivity index (χ4v) is 5.55. The molecule has 6 N–H and O–H groups in total. The van der Waals surface area contributed by atoms with E-state index in [1.54, 1.807) is 30.3 Å². The van der Waals surface area contributed by atoms with Crippen LogP contribution in [0.2, 0.25) is 0 Å². The molecular formula is C26H30N2O5P+. The average molecular weight is 482 g/mol. The highest BCUT2D eigenvalue weighted by atomic mass is 31.2. The van der Waals surface area contributed by atoms with Gasteiger partial charge in [-0.25, -0.2) is 0 Å². The molecule has 8 heteroatoms. The van der Waals surface area contributed by atoms with Gasteiger partial charge < -0.3 is 21.1 Å². The summed E-state index contributed by atoms with van der Waals surface area (Å²) in [6.45, 7) is 1.36. The van der Waals surface area contributed by atoms with Crippen molar-refractivity contribution < 1.29 is 29.9 Å². The molecule has 3 rings (SSSR count). The molecule has 0 radical (unpaired) electrons. The van der Waals surface area contributed by atoms with Crippen LogP contribution in [0.15, 0.2) is 84.9 Å². The molecule has 0 saturated heterocycles. The van der Waals surface area contributed by atoms with Gasteiger partial charge in [0.15, 0.2) is 5.78 Å². The van der Waals surface area contributed by atoms with Crippen LogP contribution in [0.25, 0.3) is 11.1 Å². The molecule has 0 bridgehead atoms. The van der Waals surface area contributed by atoms with E-state index in [1.807, 2.05) is 54.6 Å². The van der Waals surface area contributed by atoms with Crippen LogP contribution in [-0.4, -0.2) is 34.1 Å². The van der Waals surface area contributed by atoms with Crippen molar-refractivity contribution in [3.05, 3.63) is 96.1 Å². The molecule has 0 spiro atoms. The standard InChI is InChI=1S/C26H29N2O5P/c1-18(26(30)31)28-25(29)23(17-34(32,33)24(27)22-10-6-3-7-11-22)16-19-12-14-21(15-13-19)20-8-4-2-5-9-20/h2-15,18,23-24H,16-17,27H2,1H3,(H,28,29)(H,30,31)(H,32,33)/p+1/t18-,23+,24?/m0/s1. The SMILES string of the molecule is C[C@H](NC(=O)[C@H](Cc1ccc(-c2ccccc2)cc1)CP(=O)(O)C([NH3+])c1ccccc1)C(=O)O. The van der Waals surface area contributed by atoms with Gasteiger partial charge in [0.2, 0.25) is 5.91 Å². The van der Waals surface area contributed by atoms with Crippen molar-refractivity contribution in [1.82, 2.24) is 5.32 Å².